The Labute approximate surface area is 150 Å². The van der Waals surface area contributed by atoms with Gasteiger partial charge in [0.05, 0.1) is 12.5 Å². The summed E-state index contributed by atoms with van der Waals surface area (Å²) in [7, 11) is 4.62. The van der Waals surface area contributed by atoms with Crippen LogP contribution in [0.25, 0.3) is 0 Å². The minimum atomic E-state index is -0.455. The van der Waals surface area contributed by atoms with Gasteiger partial charge in [-0.3, -0.25) is 9.59 Å². The molecule has 0 bridgehead atoms. The smallest absolute Gasteiger partial charge is 0.165 e. The van der Waals surface area contributed by atoms with Crippen LogP contribution in [0.2, 0.25) is 0 Å². The molecule has 2 atom stereocenters. The van der Waals surface area contributed by atoms with Gasteiger partial charge in [0.2, 0.25) is 0 Å². The maximum Gasteiger partial charge on any atom is 0.165 e. The fourth-order valence-electron chi connectivity index (χ4n) is 2.54. The van der Waals surface area contributed by atoms with E-state index >= 15 is 0 Å². The zero-order chi connectivity index (χ0) is 18.7. The minimum Gasteiger partial charge on any atom is -0.356 e. The van der Waals surface area contributed by atoms with Crippen molar-refractivity contribution >= 4 is 11.6 Å². The van der Waals surface area contributed by atoms with Crippen molar-refractivity contribution in [2.45, 2.75) is 64.1 Å². The third kappa shape index (κ3) is 8.54. The van der Waals surface area contributed by atoms with Gasteiger partial charge in [-0.2, -0.15) is 0 Å². The molecule has 0 aromatic carbocycles. The van der Waals surface area contributed by atoms with E-state index in [0.29, 0.717) is 18.4 Å². The predicted molar refractivity (Wildman–Crippen MR) is 94.1 cm³/mol. The van der Waals surface area contributed by atoms with Crippen molar-refractivity contribution in [3.8, 4) is 0 Å². The van der Waals surface area contributed by atoms with Crippen LogP contribution in [-0.2, 0) is 28.5 Å². The number of methoxy groups -OCH3 is 3. The molecule has 2 unspecified atom stereocenters. The first kappa shape index (κ1) is 21.7. The molecule has 0 aromatic heterocycles. The molecule has 0 aromatic rings. The summed E-state index contributed by atoms with van der Waals surface area (Å²) in [5, 5.41) is 0. The number of carbonyl (C=O) groups excluding carboxylic acids is 2. The third-order valence-corrected chi connectivity index (χ3v) is 4.07. The summed E-state index contributed by atoms with van der Waals surface area (Å²) in [6, 6.07) is 0. The Hall–Kier alpha value is -1.34. The Morgan fingerprint density at radius 1 is 1.24 bits per heavy atom. The van der Waals surface area contributed by atoms with Gasteiger partial charge in [-0.15, -0.1) is 0 Å². The van der Waals surface area contributed by atoms with Gasteiger partial charge in [0, 0.05) is 39.7 Å². The zero-order valence-electron chi connectivity index (χ0n) is 15.7. The van der Waals surface area contributed by atoms with Gasteiger partial charge < -0.3 is 18.9 Å². The number of allylic oxidation sites excluding steroid dienone is 3. The molecule has 0 heterocycles. The van der Waals surface area contributed by atoms with Crippen molar-refractivity contribution in [2.75, 3.05) is 21.3 Å². The first-order valence-electron chi connectivity index (χ1n) is 8.67. The molecule has 1 aliphatic rings. The Morgan fingerprint density at radius 3 is 2.60 bits per heavy atom. The van der Waals surface area contributed by atoms with Gasteiger partial charge in [-0.05, 0) is 32.3 Å². The number of ketones is 2. The molecule has 25 heavy (non-hydrogen) atoms. The molecule has 6 heteroatoms. The van der Waals surface area contributed by atoms with Crippen molar-refractivity contribution in [3.05, 3.63) is 23.8 Å². The van der Waals surface area contributed by atoms with E-state index in [9.17, 15) is 9.59 Å². The van der Waals surface area contributed by atoms with E-state index in [4.69, 9.17) is 18.9 Å². The number of hydrogen-bond acceptors (Lipinski definition) is 6. The van der Waals surface area contributed by atoms with Crippen LogP contribution in [-0.4, -0.2) is 51.6 Å². The number of hydrogen-bond donors (Lipinski definition) is 0. The molecular formula is C19H30O6. The van der Waals surface area contributed by atoms with Gasteiger partial charge in [-0.1, -0.05) is 12.2 Å². The lowest BCUT2D eigenvalue weighted by atomic mass is 10.1. The molecule has 0 saturated carbocycles. The second-order valence-corrected chi connectivity index (χ2v) is 6.02. The summed E-state index contributed by atoms with van der Waals surface area (Å²) in [5.74, 6) is 0.225. The lowest BCUT2D eigenvalue weighted by Gasteiger charge is -2.14. The topological polar surface area (TPSA) is 71.1 Å². The van der Waals surface area contributed by atoms with Crippen LogP contribution >= 0.6 is 0 Å². The molecule has 0 amide bonds. The third-order valence-electron chi connectivity index (χ3n) is 4.07. The molecule has 1 aliphatic carbocycles. The number of Topliss-reactive ketones (excluding diaryl/α,β-unsaturated/α-hetero) is 2. The van der Waals surface area contributed by atoms with Gasteiger partial charge in [0.1, 0.15) is 5.78 Å². The lowest BCUT2D eigenvalue weighted by Crippen LogP contribution is -2.18. The molecule has 142 valence electrons. The van der Waals surface area contributed by atoms with Crippen molar-refractivity contribution < 1.29 is 28.5 Å². The number of unbranched alkanes of at least 4 members (excludes halogenated alkanes) is 2. The second-order valence-electron chi connectivity index (χ2n) is 6.02. The molecule has 0 spiro atoms. The quantitative estimate of drug-likeness (QED) is 0.374. The maximum atomic E-state index is 11.9. The number of ether oxygens (including phenoxy) is 4. The monoisotopic (exact) mass is 354 g/mol. The van der Waals surface area contributed by atoms with Crippen LogP contribution in [0.4, 0.5) is 0 Å². The Kier molecular flexibility index (Phi) is 10.5. The van der Waals surface area contributed by atoms with Crippen LogP contribution in [0.5, 0.6) is 0 Å². The normalized spacial score (nSPS) is 19.0. The molecule has 0 aliphatic heterocycles. The average Bonchev–Trinajstić information content (AvgIpc) is 2.94. The summed E-state index contributed by atoms with van der Waals surface area (Å²) in [6.07, 6.45) is 8.37. The van der Waals surface area contributed by atoms with E-state index in [-0.39, 0.29) is 30.4 Å². The number of carbonyl (C=O) groups is 2. The van der Waals surface area contributed by atoms with Gasteiger partial charge in [0.25, 0.3) is 0 Å². The van der Waals surface area contributed by atoms with Gasteiger partial charge in [0.15, 0.2) is 18.4 Å². The summed E-state index contributed by atoms with van der Waals surface area (Å²) in [6.45, 7) is 1.80. The molecule has 0 saturated heterocycles. The van der Waals surface area contributed by atoms with Crippen molar-refractivity contribution in [1.29, 1.82) is 0 Å². The minimum absolute atomic E-state index is 0.0879. The highest BCUT2D eigenvalue weighted by molar-refractivity contribution is 6.00. The van der Waals surface area contributed by atoms with E-state index in [1.807, 2.05) is 18.2 Å². The Balaban J connectivity index is 2.24. The maximum absolute atomic E-state index is 11.9. The lowest BCUT2D eigenvalue weighted by molar-refractivity contribution is -0.138. The predicted octanol–water partition coefficient (Wildman–Crippen LogP) is 2.96. The van der Waals surface area contributed by atoms with Crippen LogP contribution in [0.15, 0.2) is 23.8 Å². The molecule has 0 N–H and O–H groups in total. The van der Waals surface area contributed by atoms with Crippen LogP contribution in [0.3, 0.4) is 0 Å². The highest BCUT2D eigenvalue weighted by Crippen LogP contribution is 2.20. The molecule has 6 nitrogen and oxygen atoms in total. The number of rotatable bonds is 13. The highest BCUT2D eigenvalue weighted by atomic mass is 16.7. The van der Waals surface area contributed by atoms with E-state index in [1.54, 1.807) is 14.0 Å². The zero-order valence-corrected chi connectivity index (χ0v) is 15.7. The van der Waals surface area contributed by atoms with E-state index in [0.717, 1.165) is 19.3 Å². The molecule has 1 rings (SSSR count). The van der Waals surface area contributed by atoms with Crippen LogP contribution in [0, 0.1) is 0 Å². The Morgan fingerprint density at radius 2 is 1.96 bits per heavy atom. The van der Waals surface area contributed by atoms with Gasteiger partial charge >= 0.3 is 0 Å². The highest BCUT2D eigenvalue weighted by Gasteiger charge is 2.24. The van der Waals surface area contributed by atoms with Crippen LogP contribution in [0.1, 0.15) is 45.4 Å². The van der Waals surface area contributed by atoms with E-state index in [1.165, 1.54) is 14.2 Å². The molecule has 0 radical (unpaired) electrons. The van der Waals surface area contributed by atoms with Crippen molar-refractivity contribution in [3.63, 3.8) is 0 Å². The first-order valence-corrected chi connectivity index (χ1v) is 8.67. The van der Waals surface area contributed by atoms with Crippen LogP contribution < -0.4 is 0 Å². The fourth-order valence-corrected chi connectivity index (χ4v) is 2.54. The summed E-state index contributed by atoms with van der Waals surface area (Å²) < 4.78 is 20.6. The van der Waals surface area contributed by atoms with Crippen molar-refractivity contribution in [1.82, 2.24) is 0 Å². The van der Waals surface area contributed by atoms with E-state index < -0.39 is 6.29 Å². The summed E-state index contributed by atoms with van der Waals surface area (Å²) in [5.41, 5.74) is 0.687. The van der Waals surface area contributed by atoms with Gasteiger partial charge in [-0.25, -0.2) is 0 Å². The SMILES string of the molecule is COC(C)OC1C=C(/C=C/CCCCC(=O)CC(OC)OC)C(=O)C1. The average molecular weight is 354 g/mol. The molecular weight excluding hydrogens is 324 g/mol. The summed E-state index contributed by atoms with van der Waals surface area (Å²) >= 11 is 0. The second kappa shape index (κ2) is 12.1. The first-order chi connectivity index (χ1) is 12.0. The summed E-state index contributed by atoms with van der Waals surface area (Å²) in [4.78, 5) is 23.7. The Bertz CT molecular complexity index is 478. The fraction of sp³-hybridized carbons (Fsp3) is 0.684. The largest absolute Gasteiger partial charge is 0.356 e. The van der Waals surface area contributed by atoms with Crippen molar-refractivity contribution in [2.24, 2.45) is 0 Å². The standard InChI is InChI=1S/C19H30O6/c1-14(22-2)25-17-11-15(18(21)13-17)9-7-5-6-8-10-16(20)12-19(23-3)24-4/h7,9,11,14,17,19H,5-6,8,10,12-13H2,1-4H3/b9-7+. The van der Waals surface area contributed by atoms with E-state index in [2.05, 4.69) is 0 Å². The molecule has 0 fully saturated rings.